The summed E-state index contributed by atoms with van der Waals surface area (Å²) in [5.41, 5.74) is 0.328. The van der Waals surface area contributed by atoms with Gasteiger partial charge in [-0.1, -0.05) is 15.9 Å². The Balaban J connectivity index is 1.85. The summed E-state index contributed by atoms with van der Waals surface area (Å²) >= 11 is 3.36. The summed E-state index contributed by atoms with van der Waals surface area (Å²) in [6.45, 7) is 2.84. The molecule has 12 heteroatoms. The van der Waals surface area contributed by atoms with Crippen molar-refractivity contribution in [2.75, 3.05) is 20.8 Å². The third kappa shape index (κ3) is 6.21. The van der Waals surface area contributed by atoms with E-state index in [0.29, 0.717) is 15.8 Å². The molecule has 1 aliphatic rings. The Morgan fingerprint density at radius 3 is 2.60 bits per heavy atom. The summed E-state index contributed by atoms with van der Waals surface area (Å²) in [6, 6.07) is 5.44. The van der Waals surface area contributed by atoms with E-state index in [-0.39, 0.29) is 42.2 Å². The highest BCUT2D eigenvalue weighted by molar-refractivity contribution is 9.10. The van der Waals surface area contributed by atoms with E-state index in [1.807, 2.05) is 0 Å². The summed E-state index contributed by atoms with van der Waals surface area (Å²) in [4.78, 5) is 49.9. The van der Waals surface area contributed by atoms with Gasteiger partial charge in [-0.05, 0) is 44.2 Å². The van der Waals surface area contributed by atoms with Gasteiger partial charge in [0.1, 0.15) is 11.5 Å². The predicted molar refractivity (Wildman–Crippen MR) is 125 cm³/mol. The van der Waals surface area contributed by atoms with Crippen molar-refractivity contribution in [3.63, 3.8) is 0 Å². The zero-order chi connectivity index (χ0) is 25.7. The summed E-state index contributed by atoms with van der Waals surface area (Å²) in [5.74, 6) is -1.25. The number of nitrogens with one attached hydrogen (secondary N) is 1. The third-order valence-corrected chi connectivity index (χ3v) is 5.05. The number of halogens is 1. The number of rotatable bonds is 9. The van der Waals surface area contributed by atoms with Crippen LogP contribution >= 0.6 is 15.9 Å². The number of imide groups is 1. The van der Waals surface area contributed by atoms with E-state index in [9.17, 15) is 19.2 Å². The number of benzene rings is 1. The molecule has 0 saturated carbocycles. The third-order valence-electron chi connectivity index (χ3n) is 4.59. The predicted octanol–water partition coefficient (Wildman–Crippen LogP) is 3.26. The summed E-state index contributed by atoms with van der Waals surface area (Å²) in [7, 11) is 2.63. The number of amides is 3. The van der Waals surface area contributed by atoms with Gasteiger partial charge < -0.3 is 28.7 Å². The van der Waals surface area contributed by atoms with Gasteiger partial charge in [-0.2, -0.15) is 0 Å². The van der Waals surface area contributed by atoms with Crippen LogP contribution in [0.15, 0.2) is 38.9 Å². The number of urea groups is 1. The number of hydrogen-bond acceptors (Lipinski definition) is 9. The van der Waals surface area contributed by atoms with Crippen molar-refractivity contribution in [2.24, 2.45) is 0 Å². The Hall–Kier alpha value is -3.80. The van der Waals surface area contributed by atoms with Gasteiger partial charge in [-0.25, -0.2) is 14.4 Å². The molecule has 2 heterocycles. The fourth-order valence-corrected chi connectivity index (χ4v) is 3.58. The molecule has 11 nitrogen and oxygen atoms in total. The molecule has 1 saturated heterocycles. The topological polar surface area (TPSA) is 134 Å². The monoisotopic (exact) mass is 550 g/mol. The molecule has 186 valence electrons. The molecule has 0 spiro atoms. The molecular weight excluding hydrogens is 528 g/mol. The van der Waals surface area contributed by atoms with E-state index in [2.05, 4.69) is 26.0 Å². The van der Waals surface area contributed by atoms with Crippen LogP contribution in [0.1, 0.15) is 35.7 Å². The van der Waals surface area contributed by atoms with Crippen LogP contribution in [-0.4, -0.2) is 55.7 Å². The highest BCUT2D eigenvalue weighted by atomic mass is 79.9. The molecule has 0 radical (unpaired) electrons. The van der Waals surface area contributed by atoms with Crippen molar-refractivity contribution in [2.45, 2.75) is 26.5 Å². The zero-order valence-electron chi connectivity index (χ0n) is 19.4. The number of hydrogen-bond donors (Lipinski definition) is 1. The van der Waals surface area contributed by atoms with Gasteiger partial charge in [0.15, 0.2) is 18.1 Å². The first kappa shape index (κ1) is 25.8. The minimum Gasteiger partial charge on any atom is -0.493 e. The van der Waals surface area contributed by atoms with E-state index in [1.54, 1.807) is 26.0 Å². The van der Waals surface area contributed by atoms with E-state index in [0.717, 1.165) is 4.90 Å². The van der Waals surface area contributed by atoms with Crippen molar-refractivity contribution in [1.29, 1.82) is 0 Å². The molecule has 1 N–H and O–H groups in total. The first-order valence-electron chi connectivity index (χ1n) is 10.3. The second kappa shape index (κ2) is 11.1. The van der Waals surface area contributed by atoms with Crippen molar-refractivity contribution in [3.05, 3.63) is 51.5 Å². The highest BCUT2D eigenvalue weighted by Gasteiger charge is 2.35. The molecule has 0 bridgehead atoms. The van der Waals surface area contributed by atoms with Gasteiger partial charge in [-0.3, -0.25) is 9.69 Å². The molecule has 1 aromatic carbocycles. The zero-order valence-corrected chi connectivity index (χ0v) is 21.0. The van der Waals surface area contributed by atoms with Crippen LogP contribution in [0.3, 0.4) is 0 Å². The van der Waals surface area contributed by atoms with Crippen LogP contribution < -0.4 is 14.8 Å². The number of methoxy groups -OCH3 is 2. The average molecular weight is 551 g/mol. The summed E-state index contributed by atoms with van der Waals surface area (Å²) in [5, 5.41) is 2.50. The molecule has 0 aliphatic carbocycles. The summed E-state index contributed by atoms with van der Waals surface area (Å²) in [6.07, 6.45) is 1.09. The van der Waals surface area contributed by atoms with Crippen LogP contribution in [0.2, 0.25) is 0 Å². The molecule has 1 fully saturated rings. The van der Waals surface area contributed by atoms with E-state index >= 15 is 0 Å². The minimum atomic E-state index is -0.679. The van der Waals surface area contributed by atoms with Crippen molar-refractivity contribution in [3.8, 4) is 11.5 Å². The van der Waals surface area contributed by atoms with Gasteiger partial charge in [0, 0.05) is 10.0 Å². The van der Waals surface area contributed by atoms with Gasteiger partial charge in [0.05, 0.1) is 26.9 Å². The van der Waals surface area contributed by atoms with Crippen molar-refractivity contribution < 1.29 is 42.5 Å². The van der Waals surface area contributed by atoms with Crippen LogP contribution in [-0.2, 0) is 25.6 Å². The molecular formula is C23H23BrN2O9. The second-order valence-corrected chi connectivity index (χ2v) is 8.41. The summed E-state index contributed by atoms with van der Waals surface area (Å²) < 4.78 is 26.6. The maximum atomic E-state index is 12.9. The van der Waals surface area contributed by atoms with Gasteiger partial charge in [0.25, 0.3) is 5.91 Å². The molecule has 0 atom stereocenters. The van der Waals surface area contributed by atoms with Crippen LogP contribution in [0.5, 0.6) is 11.5 Å². The molecule has 3 rings (SSSR count). The smallest absolute Gasteiger partial charge is 0.373 e. The first-order chi connectivity index (χ1) is 16.6. The molecule has 1 aliphatic heterocycles. The van der Waals surface area contributed by atoms with Gasteiger partial charge >= 0.3 is 18.0 Å². The minimum absolute atomic E-state index is 0.0375. The van der Waals surface area contributed by atoms with E-state index in [1.165, 1.54) is 32.4 Å². The molecule has 2 aromatic rings. The average Bonchev–Trinajstić information content (AvgIpc) is 3.37. The van der Waals surface area contributed by atoms with Crippen LogP contribution in [0, 0.1) is 0 Å². The highest BCUT2D eigenvalue weighted by Crippen LogP contribution is 2.36. The Bertz CT molecular complexity index is 1190. The number of furan rings is 1. The lowest BCUT2D eigenvalue weighted by Gasteiger charge is -2.15. The number of ether oxygens (including phenoxy) is 4. The first-order valence-corrected chi connectivity index (χ1v) is 11.1. The maximum absolute atomic E-state index is 12.9. The normalized spacial score (nSPS) is 14.3. The maximum Gasteiger partial charge on any atom is 0.373 e. The van der Waals surface area contributed by atoms with Crippen LogP contribution in [0.4, 0.5) is 4.79 Å². The lowest BCUT2D eigenvalue weighted by Crippen LogP contribution is -2.30. The standard InChI is InChI=1S/C23H23BrN2O9/c1-12(2)34-19(27)11-33-20-13(7-14(24)9-18(20)31-3)8-16-21(28)26(23(30)25-16)10-15-5-6-17(35-15)22(29)32-4/h5-9,12H,10-11H2,1-4H3,(H,25,30)/b16-8-. The van der Waals surface area contributed by atoms with Crippen LogP contribution in [0.25, 0.3) is 6.08 Å². The number of esters is 2. The number of carbonyl (C=O) groups excluding carboxylic acids is 4. The van der Waals surface area contributed by atoms with E-state index < -0.39 is 23.9 Å². The Morgan fingerprint density at radius 2 is 1.94 bits per heavy atom. The lowest BCUT2D eigenvalue weighted by molar-refractivity contribution is -0.149. The quantitative estimate of drug-likeness (QED) is 0.283. The number of carbonyl (C=O) groups is 4. The largest absolute Gasteiger partial charge is 0.493 e. The number of nitrogens with zero attached hydrogens (tertiary/aromatic N) is 1. The Kier molecular flexibility index (Phi) is 8.18. The van der Waals surface area contributed by atoms with Crippen molar-refractivity contribution >= 4 is 45.9 Å². The van der Waals surface area contributed by atoms with Gasteiger partial charge in [-0.15, -0.1) is 0 Å². The fourth-order valence-electron chi connectivity index (χ4n) is 3.13. The molecule has 3 amide bonds. The molecule has 35 heavy (non-hydrogen) atoms. The SMILES string of the molecule is COC(=O)c1ccc(CN2C(=O)N/C(=C\c3cc(Br)cc(OC)c3OCC(=O)OC(C)C)C2=O)o1. The molecule has 1 aromatic heterocycles. The fraction of sp³-hybridized carbons (Fsp3) is 0.304. The van der Waals surface area contributed by atoms with Crippen molar-refractivity contribution in [1.82, 2.24) is 10.2 Å². The van der Waals surface area contributed by atoms with E-state index in [4.69, 9.17) is 18.6 Å². The lowest BCUT2D eigenvalue weighted by atomic mass is 10.1. The Morgan fingerprint density at radius 1 is 1.20 bits per heavy atom. The second-order valence-electron chi connectivity index (χ2n) is 7.49. The molecule has 0 unspecified atom stereocenters. The Labute approximate surface area is 209 Å². The van der Waals surface area contributed by atoms with Gasteiger partial charge in [0.2, 0.25) is 5.76 Å².